The van der Waals surface area contributed by atoms with Gasteiger partial charge in [-0.1, -0.05) is 49.6 Å². The third-order valence-electron chi connectivity index (χ3n) is 5.58. The minimum atomic E-state index is 0.563. The largest absolute Gasteiger partial charge is 0.192 e. The Morgan fingerprint density at radius 3 is 2.41 bits per heavy atom. The maximum atomic E-state index is 9.08. The van der Waals surface area contributed by atoms with Gasteiger partial charge >= 0.3 is 0 Å². The first-order valence-corrected chi connectivity index (χ1v) is 8.40. The highest BCUT2D eigenvalue weighted by atomic mass is 14.4. The summed E-state index contributed by atoms with van der Waals surface area (Å²) in [5.74, 6) is 0. The van der Waals surface area contributed by atoms with E-state index in [0.717, 1.165) is 11.1 Å². The molecule has 22 heavy (non-hydrogen) atoms. The van der Waals surface area contributed by atoms with Gasteiger partial charge in [-0.05, 0) is 65.5 Å². The summed E-state index contributed by atoms with van der Waals surface area (Å²) in [6.45, 7) is 0. The Labute approximate surface area is 132 Å². The molecular formula is C21H21N. The highest BCUT2D eigenvalue weighted by Crippen LogP contribution is 2.47. The van der Waals surface area contributed by atoms with Crippen molar-refractivity contribution in [2.45, 2.75) is 44.9 Å². The van der Waals surface area contributed by atoms with E-state index in [4.69, 9.17) is 5.26 Å². The summed E-state index contributed by atoms with van der Waals surface area (Å²) < 4.78 is 0. The van der Waals surface area contributed by atoms with E-state index in [1.54, 1.807) is 11.1 Å². The van der Waals surface area contributed by atoms with E-state index in [0.29, 0.717) is 5.41 Å². The van der Waals surface area contributed by atoms with Gasteiger partial charge in [0.2, 0.25) is 0 Å². The van der Waals surface area contributed by atoms with Crippen LogP contribution in [0.5, 0.6) is 0 Å². The average Bonchev–Trinajstić information content (AvgIpc) is 2.91. The number of nitrogens with zero attached hydrogens (tertiary/aromatic N) is 1. The van der Waals surface area contributed by atoms with Crippen LogP contribution in [-0.2, 0) is 12.8 Å². The second kappa shape index (κ2) is 5.29. The van der Waals surface area contributed by atoms with Crippen LogP contribution < -0.4 is 0 Å². The first kappa shape index (κ1) is 13.6. The summed E-state index contributed by atoms with van der Waals surface area (Å²) in [6, 6.07) is 17.1. The van der Waals surface area contributed by atoms with Gasteiger partial charge in [-0.25, -0.2) is 0 Å². The van der Waals surface area contributed by atoms with Crippen molar-refractivity contribution in [3.8, 4) is 17.2 Å². The zero-order valence-corrected chi connectivity index (χ0v) is 12.9. The molecule has 2 aromatic rings. The fourth-order valence-electron chi connectivity index (χ4n) is 4.44. The van der Waals surface area contributed by atoms with Crippen molar-refractivity contribution in [3.63, 3.8) is 0 Å². The van der Waals surface area contributed by atoms with E-state index in [2.05, 4.69) is 30.3 Å². The smallest absolute Gasteiger partial charge is 0.0991 e. The minimum Gasteiger partial charge on any atom is -0.192 e. The van der Waals surface area contributed by atoms with Crippen molar-refractivity contribution < 1.29 is 0 Å². The fraction of sp³-hybridized carbons (Fsp3) is 0.381. The standard InChI is InChI=1S/C21H21N/c22-15-16-5-4-6-17(11-16)18-7-8-19-13-21(14-20(19)12-18)9-2-1-3-10-21/h4-8,11-12H,1-3,9-10,13-14H2. The Kier molecular flexibility index (Phi) is 3.26. The molecule has 0 atom stereocenters. The van der Waals surface area contributed by atoms with Crippen LogP contribution in [0.3, 0.4) is 0 Å². The predicted molar refractivity (Wildman–Crippen MR) is 89.5 cm³/mol. The van der Waals surface area contributed by atoms with E-state index in [1.807, 2.05) is 18.2 Å². The zero-order valence-electron chi connectivity index (χ0n) is 12.9. The lowest BCUT2D eigenvalue weighted by Crippen LogP contribution is -2.24. The zero-order chi connectivity index (χ0) is 15.0. The van der Waals surface area contributed by atoms with E-state index in [-0.39, 0.29) is 0 Å². The van der Waals surface area contributed by atoms with Crippen LogP contribution in [0.15, 0.2) is 42.5 Å². The first-order valence-electron chi connectivity index (χ1n) is 8.40. The second-order valence-electron chi connectivity index (χ2n) is 7.09. The molecule has 110 valence electrons. The molecule has 0 saturated heterocycles. The van der Waals surface area contributed by atoms with Crippen LogP contribution in [0.25, 0.3) is 11.1 Å². The molecule has 2 aromatic carbocycles. The highest BCUT2D eigenvalue weighted by molar-refractivity contribution is 5.67. The van der Waals surface area contributed by atoms with Gasteiger partial charge < -0.3 is 0 Å². The molecule has 2 aliphatic carbocycles. The SMILES string of the molecule is N#Cc1cccc(-c2ccc3c(c2)CC2(CCCCC2)C3)c1. The molecule has 1 fully saturated rings. The number of hydrogen-bond donors (Lipinski definition) is 0. The maximum Gasteiger partial charge on any atom is 0.0991 e. The van der Waals surface area contributed by atoms with E-state index in [1.165, 1.54) is 50.5 Å². The van der Waals surface area contributed by atoms with Gasteiger partial charge in [0.15, 0.2) is 0 Å². The third kappa shape index (κ3) is 2.33. The van der Waals surface area contributed by atoms with Crippen LogP contribution in [0.2, 0.25) is 0 Å². The molecule has 0 amide bonds. The summed E-state index contributed by atoms with van der Waals surface area (Å²) in [5.41, 5.74) is 6.81. The van der Waals surface area contributed by atoms with Crippen molar-refractivity contribution >= 4 is 0 Å². The number of fused-ring (bicyclic) bond motifs is 1. The molecule has 0 N–H and O–H groups in total. The van der Waals surface area contributed by atoms with E-state index < -0.39 is 0 Å². The van der Waals surface area contributed by atoms with Gasteiger partial charge in [0.1, 0.15) is 0 Å². The molecule has 0 aromatic heterocycles. The second-order valence-corrected chi connectivity index (χ2v) is 7.09. The molecule has 2 aliphatic rings. The molecule has 0 bridgehead atoms. The number of hydrogen-bond acceptors (Lipinski definition) is 1. The van der Waals surface area contributed by atoms with Crippen LogP contribution in [0.1, 0.15) is 48.8 Å². The fourth-order valence-corrected chi connectivity index (χ4v) is 4.44. The van der Waals surface area contributed by atoms with Crippen LogP contribution in [0, 0.1) is 16.7 Å². The lowest BCUT2D eigenvalue weighted by molar-refractivity contribution is 0.203. The molecule has 1 spiro atoms. The summed E-state index contributed by atoms with van der Waals surface area (Å²) in [7, 11) is 0. The summed E-state index contributed by atoms with van der Waals surface area (Å²) in [6.07, 6.45) is 9.58. The molecule has 0 radical (unpaired) electrons. The molecule has 1 saturated carbocycles. The Morgan fingerprint density at radius 1 is 0.818 bits per heavy atom. The monoisotopic (exact) mass is 287 g/mol. The van der Waals surface area contributed by atoms with Gasteiger partial charge in [-0.3, -0.25) is 0 Å². The third-order valence-corrected chi connectivity index (χ3v) is 5.58. The minimum absolute atomic E-state index is 0.563. The molecule has 1 nitrogen and oxygen atoms in total. The quantitative estimate of drug-likeness (QED) is 0.700. The van der Waals surface area contributed by atoms with E-state index in [9.17, 15) is 0 Å². The molecule has 0 unspecified atom stereocenters. The van der Waals surface area contributed by atoms with Crippen molar-refractivity contribution in [2.75, 3.05) is 0 Å². The summed E-state index contributed by atoms with van der Waals surface area (Å²) in [5, 5.41) is 9.08. The first-order chi connectivity index (χ1) is 10.8. The summed E-state index contributed by atoms with van der Waals surface area (Å²) >= 11 is 0. The normalized spacial score (nSPS) is 18.9. The number of rotatable bonds is 1. The van der Waals surface area contributed by atoms with Crippen molar-refractivity contribution in [1.82, 2.24) is 0 Å². The maximum absolute atomic E-state index is 9.08. The van der Waals surface area contributed by atoms with Crippen LogP contribution >= 0.6 is 0 Å². The molecular weight excluding hydrogens is 266 g/mol. The summed E-state index contributed by atoms with van der Waals surface area (Å²) in [4.78, 5) is 0. The van der Waals surface area contributed by atoms with Gasteiger partial charge in [-0.2, -0.15) is 5.26 Å². The van der Waals surface area contributed by atoms with Crippen LogP contribution in [-0.4, -0.2) is 0 Å². The number of nitriles is 1. The molecule has 0 aliphatic heterocycles. The van der Waals surface area contributed by atoms with Gasteiger partial charge in [0.05, 0.1) is 11.6 Å². The highest BCUT2D eigenvalue weighted by Gasteiger charge is 2.37. The molecule has 4 rings (SSSR count). The molecule has 0 heterocycles. The predicted octanol–water partition coefficient (Wildman–Crippen LogP) is 5.27. The lowest BCUT2D eigenvalue weighted by Gasteiger charge is -2.33. The van der Waals surface area contributed by atoms with Crippen molar-refractivity contribution in [1.29, 1.82) is 5.26 Å². The Hall–Kier alpha value is -2.07. The lowest BCUT2D eigenvalue weighted by atomic mass is 9.72. The Balaban J connectivity index is 1.67. The van der Waals surface area contributed by atoms with Gasteiger partial charge in [-0.15, -0.1) is 0 Å². The van der Waals surface area contributed by atoms with Gasteiger partial charge in [0.25, 0.3) is 0 Å². The van der Waals surface area contributed by atoms with Gasteiger partial charge in [0, 0.05) is 0 Å². The van der Waals surface area contributed by atoms with Crippen LogP contribution in [0.4, 0.5) is 0 Å². The van der Waals surface area contributed by atoms with Crippen molar-refractivity contribution in [3.05, 3.63) is 59.2 Å². The molecule has 1 heteroatoms. The van der Waals surface area contributed by atoms with E-state index >= 15 is 0 Å². The average molecular weight is 287 g/mol. The number of benzene rings is 2. The van der Waals surface area contributed by atoms with Crippen molar-refractivity contribution in [2.24, 2.45) is 5.41 Å². The topological polar surface area (TPSA) is 23.8 Å². The Morgan fingerprint density at radius 2 is 1.59 bits per heavy atom. The Bertz CT molecular complexity index is 745.